The van der Waals surface area contributed by atoms with Crippen LogP contribution in [0.5, 0.6) is 11.5 Å². The predicted octanol–water partition coefficient (Wildman–Crippen LogP) is 5.66. The number of anilines is 1. The standard InChI is InChI=1S/C28H26N2O3/c1-4-12-22-17-20(19-25(32-3)27(22)33-5-2)18-24-26(21-13-8-6-9-14-21)29-30(28(24)31)23-15-10-7-11-16-23/h4,6-11,13-19H,1,5,12H2,2-3H3/b24-18-. The second-order valence-corrected chi connectivity index (χ2v) is 7.46. The number of para-hydroxylation sites is 1. The molecule has 166 valence electrons. The minimum atomic E-state index is -0.182. The molecule has 0 saturated heterocycles. The molecule has 33 heavy (non-hydrogen) atoms. The smallest absolute Gasteiger partial charge is 0.281 e. The molecular formula is C28H26N2O3. The molecule has 3 aromatic carbocycles. The number of rotatable bonds is 8. The van der Waals surface area contributed by atoms with Crippen LogP contribution in [-0.2, 0) is 11.2 Å². The van der Waals surface area contributed by atoms with E-state index >= 15 is 0 Å². The highest BCUT2D eigenvalue weighted by atomic mass is 16.5. The molecule has 0 aliphatic carbocycles. The Bertz CT molecular complexity index is 1210. The van der Waals surface area contributed by atoms with Gasteiger partial charge in [0, 0.05) is 11.1 Å². The number of ether oxygens (including phenoxy) is 2. The van der Waals surface area contributed by atoms with Crippen molar-refractivity contribution < 1.29 is 14.3 Å². The minimum absolute atomic E-state index is 0.182. The summed E-state index contributed by atoms with van der Waals surface area (Å²) < 4.78 is 11.4. The van der Waals surface area contributed by atoms with Crippen LogP contribution in [0.1, 0.15) is 23.6 Å². The molecule has 5 heteroatoms. The van der Waals surface area contributed by atoms with E-state index in [0.717, 1.165) is 22.4 Å². The van der Waals surface area contributed by atoms with Crippen LogP contribution in [0.25, 0.3) is 6.08 Å². The maximum absolute atomic E-state index is 13.5. The van der Waals surface area contributed by atoms with E-state index < -0.39 is 0 Å². The molecule has 0 atom stereocenters. The number of carbonyl (C=O) groups excluding carboxylic acids is 1. The van der Waals surface area contributed by atoms with Gasteiger partial charge < -0.3 is 9.47 Å². The van der Waals surface area contributed by atoms with Gasteiger partial charge in [0.15, 0.2) is 11.5 Å². The average molecular weight is 439 g/mol. The zero-order chi connectivity index (χ0) is 23.2. The van der Waals surface area contributed by atoms with Crippen molar-refractivity contribution >= 4 is 23.4 Å². The van der Waals surface area contributed by atoms with Crippen molar-refractivity contribution in [3.63, 3.8) is 0 Å². The number of nitrogens with zero attached hydrogens (tertiary/aromatic N) is 2. The van der Waals surface area contributed by atoms with Gasteiger partial charge in [0.2, 0.25) is 0 Å². The molecular weight excluding hydrogens is 412 g/mol. The van der Waals surface area contributed by atoms with E-state index in [1.807, 2.05) is 91.9 Å². The molecule has 3 aromatic rings. The van der Waals surface area contributed by atoms with Crippen molar-refractivity contribution in [2.24, 2.45) is 5.10 Å². The van der Waals surface area contributed by atoms with Gasteiger partial charge in [-0.05, 0) is 49.2 Å². The van der Waals surface area contributed by atoms with Crippen LogP contribution in [-0.4, -0.2) is 25.3 Å². The van der Waals surface area contributed by atoms with Crippen LogP contribution in [0.4, 0.5) is 5.69 Å². The normalized spacial score (nSPS) is 14.4. The fourth-order valence-corrected chi connectivity index (χ4v) is 3.80. The number of allylic oxidation sites excluding steroid dienone is 1. The Balaban J connectivity index is 1.84. The highest BCUT2D eigenvalue weighted by molar-refractivity contribution is 6.37. The molecule has 4 rings (SSSR count). The summed E-state index contributed by atoms with van der Waals surface area (Å²) in [6.07, 6.45) is 4.30. The third-order valence-electron chi connectivity index (χ3n) is 5.26. The quantitative estimate of drug-likeness (QED) is 0.337. The van der Waals surface area contributed by atoms with Crippen LogP contribution in [0.2, 0.25) is 0 Å². The lowest BCUT2D eigenvalue weighted by Gasteiger charge is -2.15. The van der Waals surface area contributed by atoms with E-state index in [-0.39, 0.29) is 5.91 Å². The van der Waals surface area contributed by atoms with Gasteiger partial charge in [-0.15, -0.1) is 6.58 Å². The fraction of sp³-hybridized carbons (Fsp3) is 0.143. The summed E-state index contributed by atoms with van der Waals surface area (Å²) in [4.78, 5) is 13.5. The first-order valence-electron chi connectivity index (χ1n) is 10.9. The number of hydrazone groups is 1. The summed E-state index contributed by atoms with van der Waals surface area (Å²) >= 11 is 0. The molecule has 5 nitrogen and oxygen atoms in total. The highest BCUT2D eigenvalue weighted by Gasteiger charge is 2.32. The predicted molar refractivity (Wildman–Crippen MR) is 133 cm³/mol. The number of carbonyl (C=O) groups is 1. The first kappa shape index (κ1) is 22.1. The molecule has 1 amide bonds. The van der Waals surface area contributed by atoms with Gasteiger partial charge in [0.1, 0.15) is 5.71 Å². The molecule has 1 aliphatic rings. The van der Waals surface area contributed by atoms with Crippen molar-refractivity contribution in [1.29, 1.82) is 0 Å². The Labute approximate surface area is 194 Å². The Morgan fingerprint density at radius 3 is 2.36 bits per heavy atom. The third kappa shape index (κ3) is 4.58. The molecule has 0 fully saturated rings. The Morgan fingerprint density at radius 1 is 1.03 bits per heavy atom. The van der Waals surface area contributed by atoms with Crippen LogP contribution in [0, 0.1) is 0 Å². The van der Waals surface area contributed by atoms with Crippen molar-refractivity contribution in [2.75, 3.05) is 18.7 Å². The Hall–Kier alpha value is -4.12. The zero-order valence-corrected chi connectivity index (χ0v) is 18.8. The summed E-state index contributed by atoms with van der Waals surface area (Å²) in [5, 5.41) is 6.14. The number of hydrogen-bond donors (Lipinski definition) is 0. The second kappa shape index (κ2) is 10.0. The topological polar surface area (TPSA) is 51.1 Å². The number of amides is 1. The van der Waals surface area contributed by atoms with Crippen molar-refractivity contribution in [3.05, 3.63) is 108 Å². The third-order valence-corrected chi connectivity index (χ3v) is 5.26. The van der Waals surface area contributed by atoms with E-state index in [4.69, 9.17) is 14.6 Å². The van der Waals surface area contributed by atoms with Crippen LogP contribution >= 0.6 is 0 Å². The maximum Gasteiger partial charge on any atom is 0.281 e. The first-order chi connectivity index (χ1) is 16.2. The van der Waals surface area contributed by atoms with Gasteiger partial charge in [-0.25, -0.2) is 0 Å². The molecule has 0 aromatic heterocycles. The van der Waals surface area contributed by atoms with Gasteiger partial charge in [0.25, 0.3) is 5.91 Å². The van der Waals surface area contributed by atoms with Gasteiger partial charge in [-0.2, -0.15) is 10.1 Å². The van der Waals surface area contributed by atoms with E-state index in [2.05, 4.69) is 6.58 Å². The monoisotopic (exact) mass is 438 g/mol. The number of benzene rings is 3. The van der Waals surface area contributed by atoms with Crippen molar-refractivity contribution in [3.8, 4) is 11.5 Å². The van der Waals surface area contributed by atoms with E-state index in [9.17, 15) is 4.79 Å². The molecule has 0 saturated carbocycles. The van der Waals surface area contributed by atoms with E-state index in [0.29, 0.717) is 35.8 Å². The lowest BCUT2D eigenvalue weighted by molar-refractivity contribution is -0.114. The highest BCUT2D eigenvalue weighted by Crippen LogP contribution is 2.35. The minimum Gasteiger partial charge on any atom is -0.493 e. The van der Waals surface area contributed by atoms with E-state index in [1.165, 1.54) is 5.01 Å². The van der Waals surface area contributed by atoms with E-state index in [1.54, 1.807) is 7.11 Å². The molecule has 1 aliphatic heterocycles. The fourth-order valence-electron chi connectivity index (χ4n) is 3.80. The first-order valence-corrected chi connectivity index (χ1v) is 10.9. The molecule has 1 heterocycles. The average Bonchev–Trinajstić information content (AvgIpc) is 3.17. The lowest BCUT2D eigenvalue weighted by Crippen LogP contribution is -2.21. The maximum atomic E-state index is 13.5. The summed E-state index contributed by atoms with van der Waals surface area (Å²) in [5.74, 6) is 1.13. The molecule has 0 bridgehead atoms. The molecule has 0 N–H and O–H groups in total. The molecule has 0 unspecified atom stereocenters. The van der Waals surface area contributed by atoms with Crippen molar-refractivity contribution in [1.82, 2.24) is 0 Å². The zero-order valence-electron chi connectivity index (χ0n) is 18.8. The van der Waals surface area contributed by atoms with Crippen LogP contribution in [0.3, 0.4) is 0 Å². The molecule has 0 radical (unpaired) electrons. The second-order valence-electron chi connectivity index (χ2n) is 7.46. The van der Waals surface area contributed by atoms with Gasteiger partial charge in [-0.3, -0.25) is 4.79 Å². The van der Waals surface area contributed by atoms with Crippen molar-refractivity contribution in [2.45, 2.75) is 13.3 Å². The summed E-state index contributed by atoms with van der Waals surface area (Å²) in [6, 6.07) is 23.0. The van der Waals surface area contributed by atoms with Crippen LogP contribution < -0.4 is 14.5 Å². The largest absolute Gasteiger partial charge is 0.493 e. The number of methoxy groups -OCH3 is 1. The summed E-state index contributed by atoms with van der Waals surface area (Å²) in [6.45, 7) is 6.32. The van der Waals surface area contributed by atoms with Gasteiger partial charge in [0.05, 0.1) is 25.0 Å². The Morgan fingerprint density at radius 2 is 1.73 bits per heavy atom. The van der Waals surface area contributed by atoms with Gasteiger partial charge in [-0.1, -0.05) is 54.6 Å². The van der Waals surface area contributed by atoms with Crippen LogP contribution in [0.15, 0.2) is 96.1 Å². The SMILES string of the molecule is C=CCc1cc(/C=C2\C(=O)N(c3ccccc3)N=C2c2ccccc2)cc(OC)c1OCC. The summed E-state index contributed by atoms with van der Waals surface area (Å²) in [5.41, 5.74) is 4.51. The lowest BCUT2D eigenvalue weighted by atomic mass is 9.98. The van der Waals surface area contributed by atoms with Gasteiger partial charge >= 0.3 is 0 Å². The number of hydrogen-bond acceptors (Lipinski definition) is 4. The summed E-state index contributed by atoms with van der Waals surface area (Å²) in [7, 11) is 1.61. The Kier molecular flexibility index (Phi) is 6.69. The molecule has 0 spiro atoms.